The zero-order valence-electron chi connectivity index (χ0n) is 45.9. The normalized spacial score (nSPS) is 12.1. The van der Waals surface area contributed by atoms with Crippen molar-refractivity contribution in [1.29, 1.82) is 0 Å². The molecule has 0 unspecified atom stereocenters. The second-order valence-corrected chi connectivity index (χ2v) is 31.1. The summed E-state index contributed by atoms with van der Waals surface area (Å²) in [6, 6.07) is 38.1. The molecule has 0 radical (unpaired) electrons. The Kier molecular flexibility index (Phi) is 27.7. The van der Waals surface area contributed by atoms with Crippen LogP contribution in [-0.4, -0.2) is 70.0 Å². The molecule has 0 saturated heterocycles. The molecule has 0 aliphatic heterocycles. The molecule has 2 aromatic heterocycles. The van der Waals surface area contributed by atoms with Crippen LogP contribution in [0.15, 0.2) is 109 Å². The van der Waals surface area contributed by atoms with E-state index >= 15 is 0 Å². The van der Waals surface area contributed by atoms with Gasteiger partial charge in [0, 0.05) is 97.8 Å². The maximum absolute atomic E-state index is 7.57. The molecule has 11 heteroatoms. The van der Waals surface area contributed by atoms with Gasteiger partial charge < -0.3 is 12.8 Å². The molecule has 0 atom stereocenters. The molecule has 2 nitrogen and oxygen atoms in total. The molecule has 10 rings (SSSR count). The number of terminal acetylenes is 2. The summed E-state index contributed by atoms with van der Waals surface area (Å²) in [5.74, 6) is 10.5. The molecule has 0 N–H and O–H groups in total. The van der Waals surface area contributed by atoms with E-state index in [1.54, 1.807) is 42.7 Å². The van der Waals surface area contributed by atoms with Crippen molar-refractivity contribution in [3.8, 4) is 79.9 Å². The van der Waals surface area contributed by atoms with Crippen molar-refractivity contribution in [3.63, 3.8) is 0 Å². The van der Waals surface area contributed by atoms with Crippen molar-refractivity contribution in [2.24, 2.45) is 0 Å². The molecular formula is C65H70Au3ClN2P3S2+3. The first-order valence-corrected chi connectivity index (χ1v) is 38.4. The molecule has 404 valence electrons. The van der Waals surface area contributed by atoms with Gasteiger partial charge in [-0.25, -0.2) is 9.97 Å². The van der Waals surface area contributed by atoms with Gasteiger partial charge in [0.1, 0.15) is 10.0 Å². The fourth-order valence-corrected chi connectivity index (χ4v) is 11.7. The van der Waals surface area contributed by atoms with Crippen LogP contribution in [0.3, 0.4) is 0 Å². The third-order valence-corrected chi connectivity index (χ3v) is 15.2. The van der Waals surface area contributed by atoms with E-state index in [0.29, 0.717) is 0 Å². The maximum atomic E-state index is 7.57. The predicted octanol–water partition coefficient (Wildman–Crippen LogP) is 17.9. The zero-order valence-corrected chi connectivity index (χ0v) is 57.8. The first kappa shape index (κ1) is 67.4. The number of fused-ring (bicyclic) bond motifs is 8. The van der Waals surface area contributed by atoms with Gasteiger partial charge in [0.2, 0.25) is 0 Å². The Morgan fingerprint density at radius 1 is 0.461 bits per heavy atom. The van der Waals surface area contributed by atoms with Crippen LogP contribution in [0.5, 0.6) is 0 Å². The summed E-state index contributed by atoms with van der Waals surface area (Å²) in [5.41, 5.74) is 18.2. The van der Waals surface area contributed by atoms with E-state index in [1.165, 1.54) is 44.5 Å². The third-order valence-electron chi connectivity index (χ3n) is 13.0. The molecule has 0 saturated carbocycles. The monoisotopic (exact) mass is 1660 g/mol. The fourth-order valence-electron chi connectivity index (χ4n) is 9.71. The molecule has 0 amide bonds. The van der Waals surface area contributed by atoms with Crippen LogP contribution in [0, 0.1) is 49.4 Å². The van der Waals surface area contributed by atoms with Crippen molar-refractivity contribution in [2.75, 3.05) is 60.0 Å². The third kappa shape index (κ3) is 15.3. The van der Waals surface area contributed by atoms with Crippen LogP contribution in [0.1, 0.15) is 97.9 Å². The number of hydrogen-bond donors (Lipinski definition) is 0. The van der Waals surface area contributed by atoms with Gasteiger partial charge in [-0.05, 0) is 136 Å². The van der Waals surface area contributed by atoms with E-state index in [2.05, 4.69) is 187 Å². The minimum atomic E-state index is -0.0491. The van der Waals surface area contributed by atoms with Gasteiger partial charge >= 0.3 is 73.9 Å². The molecule has 2 heterocycles. The van der Waals surface area contributed by atoms with Gasteiger partial charge in [-0.2, -0.15) is 0 Å². The summed E-state index contributed by atoms with van der Waals surface area (Å²) in [4.78, 5) is 9.74. The Hall–Kier alpha value is -2.86. The molecule has 0 bridgehead atoms. The average Bonchev–Trinajstić information content (AvgIpc) is 4.17. The molecule has 0 spiro atoms. The Morgan fingerprint density at radius 3 is 1.09 bits per heavy atom. The van der Waals surface area contributed by atoms with Crippen LogP contribution in [-0.2, 0) is 75.6 Å². The fraction of sp³-hybridized carbons (Fsp3) is 0.292. The van der Waals surface area contributed by atoms with Crippen LogP contribution in [0.25, 0.3) is 63.8 Å². The molecule has 8 aromatic rings. The summed E-state index contributed by atoms with van der Waals surface area (Å²) in [6.07, 6.45) is 30.3. The average molecular weight is 1660 g/mol. The van der Waals surface area contributed by atoms with Crippen LogP contribution in [0.4, 0.5) is 0 Å². The van der Waals surface area contributed by atoms with E-state index in [4.69, 9.17) is 35.7 Å². The van der Waals surface area contributed by atoms with Gasteiger partial charge in [-0.1, -0.05) is 82.0 Å². The first-order valence-electron chi connectivity index (χ1n) is 25.1. The van der Waals surface area contributed by atoms with Crippen molar-refractivity contribution in [1.82, 2.24) is 9.97 Å². The van der Waals surface area contributed by atoms with E-state index < -0.39 is 0 Å². The van der Waals surface area contributed by atoms with E-state index in [9.17, 15) is 0 Å². The van der Waals surface area contributed by atoms with Crippen LogP contribution >= 0.6 is 55.6 Å². The van der Waals surface area contributed by atoms with Crippen molar-refractivity contribution < 1.29 is 64.7 Å². The topological polar surface area (TPSA) is 25.8 Å². The van der Waals surface area contributed by atoms with Gasteiger partial charge in [0.25, 0.3) is 0 Å². The Balaban J connectivity index is 0.000000315. The van der Waals surface area contributed by atoms with E-state index in [1.807, 2.05) is 42.5 Å². The summed E-state index contributed by atoms with van der Waals surface area (Å²) in [7, 11) is 4.94. The molecule has 76 heavy (non-hydrogen) atoms. The number of nitrogens with zero attached hydrogens (tertiary/aromatic N) is 2. The van der Waals surface area contributed by atoms with Gasteiger partial charge in [-0.3, -0.25) is 11.8 Å². The molecular weight excluding hydrogens is 1590 g/mol. The standard InChI is InChI=1S/C28H21NS.C28H19NS.3C3H9P.3Au.ClH/c2*1-5-18-9-12-21-22-13-11-20(17-24(22)28(7-3,8-4)23(21)15-18)27-29-25-14-10-19(6-2)16-26(25)30-27;3*1-4(2)3;;;;/h1-2,9-17H,7-8H2,3-4H3;9-17H,7-8H2,3-4H3;3*1-3H3;;;;1H/q;-2;;;;3*+1;/p+2. The van der Waals surface area contributed by atoms with Gasteiger partial charge in [0.15, 0.2) is 0 Å². The summed E-state index contributed by atoms with van der Waals surface area (Å²) < 4.78 is 2.20. The Labute approximate surface area is 516 Å². The van der Waals surface area contributed by atoms with E-state index in [0.717, 1.165) is 89.5 Å². The SMILES string of the molecule is C#Cc1ccc2c(c1)C(CC)(CC)c1cc(-c3nc4ccc(C#C)cc4s3)ccc1-2.C[PH+](C)C.C[PH+](C)C.C[PH+](C)C.[Au+].[Au+].[C-]#Cc1ccc2c(c1)C(CC)(CC)c1cc(-c3nc4ccc(C#[C-])cc4s3)ccc1-2.[Cl][Au]. The summed E-state index contributed by atoms with van der Waals surface area (Å²) in [6.45, 7) is 29.5. The number of benzene rings is 6. The molecule has 6 aromatic carbocycles. The number of aromatic nitrogens is 2. The second kappa shape index (κ2) is 31.2. The molecule has 0 fully saturated rings. The van der Waals surface area contributed by atoms with Gasteiger partial charge in [0.05, 0.1) is 15.7 Å². The second-order valence-electron chi connectivity index (χ2n) is 20.1. The summed E-state index contributed by atoms with van der Waals surface area (Å²) in [5, 5.41) is 2.03. The number of halogens is 1. The van der Waals surface area contributed by atoms with Crippen molar-refractivity contribution in [3.05, 3.63) is 167 Å². The first-order chi connectivity index (χ1) is 35.5. The number of hydrogen-bond acceptors (Lipinski definition) is 4. The van der Waals surface area contributed by atoms with Crippen molar-refractivity contribution in [2.45, 2.75) is 64.2 Å². The minimum absolute atomic E-state index is 0. The molecule has 2 aliphatic rings. The Bertz CT molecular complexity index is 3170. The molecule has 2 aliphatic carbocycles. The van der Waals surface area contributed by atoms with E-state index in [-0.39, 0.29) is 79.4 Å². The number of thiazole rings is 2. The van der Waals surface area contributed by atoms with Gasteiger partial charge in [-0.15, -0.1) is 70.9 Å². The van der Waals surface area contributed by atoms with Crippen LogP contribution in [0.2, 0.25) is 0 Å². The predicted molar refractivity (Wildman–Crippen MR) is 336 cm³/mol. The quantitative estimate of drug-likeness (QED) is 0.0718. The van der Waals surface area contributed by atoms with Crippen LogP contribution < -0.4 is 0 Å². The summed E-state index contributed by atoms with van der Waals surface area (Å²) >= 11 is 5.11. The number of rotatable bonds is 6. The van der Waals surface area contributed by atoms with Crippen molar-refractivity contribution >= 4 is 76.1 Å². The Morgan fingerprint density at radius 2 is 0.737 bits per heavy atom. The zero-order chi connectivity index (χ0) is 54.5.